The summed E-state index contributed by atoms with van der Waals surface area (Å²) in [6.07, 6.45) is 3.73. The topological polar surface area (TPSA) is 30.0 Å². The Bertz CT molecular complexity index is 515. The van der Waals surface area contributed by atoms with Gasteiger partial charge in [-0.1, -0.05) is 38.1 Å². The van der Waals surface area contributed by atoms with Crippen LogP contribution in [0.3, 0.4) is 0 Å². The fourth-order valence-corrected chi connectivity index (χ4v) is 1.84. The zero-order valence-electron chi connectivity index (χ0n) is 10.8. The zero-order chi connectivity index (χ0) is 13.0. The Labute approximate surface area is 108 Å². The molecular weight excluding hydrogens is 222 g/mol. The Hall–Kier alpha value is -1.96. The lowest BCUT2D eigenvalue weighted by molar-refractivity contribution is 0.0992. The van der Waals surface area contributed by atoms with Crippen LogP contribution in [0.4, 0.5) is 0 Å². The minimum absolute atomic E-state index is 0.111. The van der Waals surface area contributed by atoms with Gasteiger partial charge in [-0.15, -0.1) is 0 Å². The Morgan fingerprint density at radius 1 is 1.17 bits per heavy atom. The summed E-state index contributed by atoms with van der Waals surface area (Å²) in [6.45, 7) is 4.32. The van der Waals surface area contributed by atoms with E-state index in [4.69, 9.17) is 0 Å². The number of ketones is 1. The first kappa shape index (κ1) is 12.5. The van der Waals surface area contributed by atoms with Gasteiger partial charge >= 0.3 is 0 Å². The van der Waals surface area contributed by atoms with Crippen molar-refractivity contribution in [3.8, 4) is 0 Å². The summed E-state index contributed by atoms with van der Waals surface area (Å²) in [6, 6.07) is 11.8. The van der Waals surface area contributed by atoms with Crippen LogP contribution in [0.15, 0.2) is 48.8 Å². The van der Waals surface area contributed by atoms with Crippen LogP contribution >= 0.6 is 0 Å². The van der Waals surface area contributed by atoms with E-state index in [1.54, 1.807) is 24.5 Å². The molecule has 2 aromatic rings. The van der Waals surface area contributed by atoms with Gasteiger partial charge in [-0.3, -0.25) is 9.78 Å². The molecule has 0 bridgehead atoms. The molecule has 2 rings (SSSR count). The second-order valence-electron chi connectivity index (χ2n) is 4.74. The van der Waals surface area contributed by atoms with Crippen LogP contribution in [0.1, 0.15) is 41.3 Å². The number of Topliss-reactive ketones (excluding diaryl/α,β-unsaturated/α-hetero) is 1. The molecule has 2 nitrogen and oxygen atoms in total. The molecule has 0 saturated heterocycles. The van der Waals surface area contributed by atoms with E-state index in [2.05, 4.69) is 31.0 Å². The normalized spacial score (nSPS) is 10.6. The molecule has 0 aliphatic rings. The van der Waals surface area contributed by atoms with E-state index in [-0.39, 0.29) is 5.78 Å². The smallest absolute Gasteiger partial charge is 0.168 e. The van der Waals surface area contributed by atoms with Crippen LogP contribution < -0.4 is 0 Å². The maximum atomic E-state index is 12.0. The summed E-state index contributed by atoms with van der Waals surface area (Å²) < 4.78 is 0. The summed E-state index contributed by atoms with van der Waals surface area (Å²) in [5.74, 6) is 0.633. The Morgan fingerprint density at radius 3 is 2.44 bits per heavy atom. The van der Waals surface area contributed by atoms with Crippen molar-refractivity contribution in [2.24, 2.45) is 0 Å². The first-order chi connectivity index (χ1) is 8.66. The summed E-state index contributed by atoms with van der Waals surface area (Å²) in [5, 5.41) is 0. The van der Waals surface area contributed by atoms with Gasteiger partial charge in [0.2, 0.25) is 0 Å². The highest BCUT2D eigenvalue weighted by Crippen LogP contribution is 2.15. The minimum atomic E-state index is 0.111. The lowest BCUT2D eigenvalue weighted by atomic mass is 9.99. The van der Waals surface area contributed by atoms with Crippen molar-refractivity contribution in [2.45, 2.75) is 26.2 Å². The SMILES string of the molecule is CC(C)c1ccc(CC(=O)c2cccnc2)cc1. The molecule has 0 saturated carbocycles. The summed E-state index contributed by atoms with van der Waals surface area (Å²) in [7, 11) is 0. The maximum Gasteiger partial charge on any atom is 0.168 e. The second kappa shape index (κ2) is 5.58. The van der Waals surface area contributed by atoms with Crippen molar-refractivity contribution in [1.82, 2.24) is 4.98 Å². The largest absolute Gasteiger partial charge is 0.294 e. The third kappa shape index (κ3) is 3.04. The molecule has 0 fully saturated rings. The highest BCUT2D eigenvalue weighted by Gasteiger charge is 2.07. The lowest BCUT2D eigenvalue weighted by Crippen LogP contribution is -2.03. The van der Waals surface area contributed by atoms with Crippen LogP contribution in [-0.2, 0) is 6.42 Å². The average molecular weight is 239 g/mol. The number of carbonyl (C=O) groups is 1. The molecule has 1 aromatic carbocycles. The summed E-state index contributed by atoms with van der Waals surface area (Å²) in [5.41, 5.74) is 3.02. The zero-order valence-corrected chi connectivity index (χ0v) is 10.8. The van der Waals surface area contributed by atoms with Crippen LogP contribution in [0.25, 0.3) is 0 Å². The number of nitrogens with zero attached hydrogens (tertiary/aromatic N) is 1. The highest BCUT2D eigenvalue weighted by atomic mass is 16.1. The number of pyridine rings is 1. The van der Waals surface area contributed by atoms with Gasteiger partial charge in [-0.05, 0) is 29.2 Å². The van der Waals surface area contributed by atoms with Gasteiger partial charge < -0.3 is 0 Å². The fourth-order valence-electron chi connectivity index (χ4n) is 1.84. The van der Waals surface area contributed by atoms with E-state index in [0.717, 1.165) is 5.56 Å². The molecule has 0 radical (unpaired) electrons. The van der Waals surface area contributed by atoms with E-state index in [0.29, 0.717) is 17.9 Å². The molecule has 0 spiro atoms. The van der Waals surface area contributed by atoms with Gasteiger partial charge in [0, 0.05) is 24.4 Å². The van der Waals surface area contributed by atoms with E-state index >= 15 is 0 Å². The first-order valence-electron chi connectivity index (χ1n) is 6.19. The number of hydrogen-bond donors (Lipinski definition) is 0. The van der Waals surface area contributed by atoms with Crippen molar-refractivity contribution in [3.05, 3.63) is 65.5 Å². The molecule has 0 unspecified atom stereocenters. The molecule has 1 aromatic heterocycles. The molecular formula is C16H17NO. The number of carbonyl (C=O) groups excluding carboxylic acids is 1. The average Bonchev–Trinajstić information content (AvgIpc) is 2.40. The monoisotopic (exact) mass is 239 g/mol. The predicted molar refractivity (Wildman–Crippen MR) is 72.8 cm³/mol. The minimum Gasteiger partial charge on any atom is -0.294 e. The van der Waals surface area contributed by atoms with Crippen LogP contribution in [-0.4, -0.2) is 10.8 Å². The van der Waals surface area contributed by atoms with E-state index in [9.17, 15) is 4.79 Å². The summed E-state index contributed by atoms with van der Waals surface area (Å²) >= 11 is 0. The summed E-state index contributed by atoms with van der Waals surface area (Å²) in [4.78, 5) is 16.0. The molecule has 0 aliphatic heterocycles. The fraction of sp³-hybridized carbons (Fsp3) is 0.250. The Morgan fingerprint density at radius 2 is 1.89 bits per heavy atom. The molecule has 0 N–H and O–H groups in total. The maximum absolute atomic E-state index is 12.0. The predicted octanol–water partition coefficient (Wildman–Crippen LogP) is 3.63. The number of rotatable bonds is 4. The van der Waals surface area contributed by atoms with Crippen molar-refractivity contribution in [2.75, 3.05) is 0 Å². The van der Waals surface area contributed by atoms with Gasteiger partial charge in [0.15, 0.2) is 5.78 Å². The van der Waals surface area contributed by atoms with Gasteiger partial charge in [0.1, 0.15) is 0 Å². The lowest BCUT2D eigenvalue weighted by Gasteiger charge is -2.06. The van der Waals surface area contributed by atoms with Gasteiger partial charge in [0.25, 0.3) is 0 Å². The quantitative estimate of drug-likeness (QED) is 0.762. The standard InChI is InChI=1S/C16H17NO/c1-12(2)14-7-5-13(6-8-14)10-16(18)15-4-3-9-17-11-15/h3-9,11-12H,10H2,1-2H3. The molecule has 0 amide bonds. The Balaban J connectivity index is 2.08. The van der Waals surface area contributed by atoms with Gasteiger partial charge in [-0.25, -0.2) is 0 Å². The van der Waals surface area contributed by atoms with Crippen molar-refractivity contribution in [1.29, 1.82) is 0 Å². The van der Waals surface area contributed by atoms with E-state index in [1.807, 2.05) is 12.1 Å². The molecule has 0 aliphatic carbocycles. The number of benzene rings is 1. The number of aromatic nitrogens is 1. The number of hydrogen-bond acceptors (Lipinski definition) is 2. The van der Waals surface area contributed by atoms with Crippen molar-refractivity contribution < 1.29 is 4.79 Å². The van der Waals surface area contributed by atoms with Crippen molar-refractivity contribution in [3.63, 3.8) is 0 Å². The van der Waals surface area contributed by atoms with Crippen LogP contribution in [0.2, 0.25) is 0 Å². The van der Waals surface area contributed by atoms with Gasteiger partial charge in [-0.2, -0.15) is 0 Å². The molecule has 18 heavy (non-hydrogen) atoms. The molecule has 92 valence electrons. The van der Waals surface area contributed by atoms with E-state index in [1.165, 1.54) is 5.56 Å². The third-order valence-corrected chi connectivity index (χ3v) is 2.99. The molecule has 1 heterocycles. The van der Waals surface area contributed by atoms with Gasteiger partial charge in [0.05, 0.1) is 0 Å². The third-order valence-electron chi connectivity index (χ3n) is 2.99. The Kier molecular flexibility index (Phi) is 3.88. The van der Waals surface area contributed by atoms with E-state index < -0.39 is 0 Å². The second-order valence-corrected chi connectivity index (χ2v) is 4.74. The van der Waals surface area contributed by atoms with Crippen LogP contribution in [0.5, 0.6) is 0 Å². The van der Waals surface area contributed by atoms with Crippen LogP contribution in [0, 0.1) is 0 Å². The highest BCUT2D eigenvalue weighted by molar-refractivity contribution is 5.97. The molecule has 2 heteroatoms. The van der Waals surface area contributed by atoms with Crippen molar-refractivity contribution >= 4 is 5.78 Å². The first-order valence-corrected chi connectivity index (χ1v) is 6.19. The molecule has 0 atom stereocenters.